The highest BCUT2D eigenvalue weighted by Gasteiger charge is 2.59. The van der Waals surface area contributed by atoms with Gasteiger partial charge in [0.05, 0.1) is 30.8 Å². The normalized spacial score (nSPS) is 40.4. The molecule has 0 radical (unpaired) electrons. The monoisotopic (exact) mass is 763 g/mol. The average molecular weight is 764 g/mol. The van der Waals surface area contributed by atoms with Gasteiger partial charge in [-0.25, -0.2) is 4.79 Å². The first-order valence-corrected chi connectivity index (χ1v) is 19.7. The molecule has 0 spiro atoms. The Kier molecular flexibility index (Phi) is 15.1. The van der Waals surface area contributed by atoms with Crippen LogP contribution < -0.4 is 5.73 Å². The number of amides is 1. The number of cyclic esters (lactones) is 1. The van der Waals surface area contributed by atoms with Gasteiger partial charge in [-0.1, -0.05) is 58.9 Å². The molecule has 1 amide bonds. The van der Waals surface area contributed by atoms with Gasteiger partial charge in [0, 0.05) is 31.1 Å². The molecule has 15 atom stereocenters. The second-order valence-electron chi connectivity index (χ2n) is 16.5. The molecule has 2 bridgehead atoms. The molecule has 0 aromatic heterocycles. The largest absolute Gasteiger partial charge is 0.461 e. The van der Waals surface area contributed by atoms with E-state index >= 15 is 0 Å². The zero-order chi connectivity index (χ0) is 40.1. The Balaban J connectivity index is 1.58. The van der Waals surface area contributed by atoms with Crippen LogP contribution in [-0.4, -0.2) is 99.7 Å². The van der Waals surface area contributed by atoms with Crippen molar-refractivity contribution in [2.24, 2.45) is 29.4 Å². The first kappa shape index (κ1) is 44.1. The van der Waals surface area contributed by atoms with E-state index < -0.39 is 90.7 Å². The third kappa shape index (κ3) is 11.0. The van der Waals surface area contributed by atoms with E-state index in [1.165, 1.54) is 0 Å². The molecule has 13 heteroatoms. The molecular formula is C41H65NO12. The molecule has 0 unspecified atom stereocenters. The third-order valence-corrected chi connectivity index (χ3v) is 11.8. The van der Waals surface area contributed by atoms with Gasteiger partial charge in [0.2, 0.25) is 0 Å². The zero-order valence-electron chi connectivity index (χ0n) is 33.6. The number of carbonyl (C=O) groups is 3. The third-order valence-electron chi connectivity index (χ3n) is 11.8. The van der Waals surface area contributed by atoms with Crippen molar-refractivity contribution >= 4 is 17.8 Å². The number of aliphatic hydroxyl groups excluding tert-OH is 2. The summed E-state index contributed by atoms with van der Waals surface area (Å²) in [4.78, 5) is 37.7. The summed E-state index contributed by atoms with van der Waals surface area (Å²) < 4.78 is 35.7. The van der Waals surface area contributed by atoms with Crippen LogP contribution in [0.5, 0.6) is 0 Å². The fourth-order valence-electron chi connectivity index (χ4n) is 8.42. The van der Waals surface area contributed by atoms with E-state index in [0.29, 0.717) is 25.7 Å². The van der Waals surface area contributed by atoms with Crippen molar-refractivity contribution < 1.29 is 58.1 Å². The lowest BCUT2D eigenvalue weighted by molar-refractivity contribution is -0.254. The predicted octanol–water partition coefficient (Wildman–Crippen LogP) is 5.18. The predicted molar refractivity (Wildman–Crippen MR) is 200 cm³/mol. The molecule has 5 N–H and O–H groups in total. The number of hydrogen-bond acceptors (Lipinski definition) is 12. The maximum atomic E-state index is 13.7. The van der Waals surface area contributed by atoms with Crippen LogP contribution in [0, 0.1) is 23.7 Å². The molecule has 0 aromatic rings. The molecule has 0 aliphatic carbocycles. The van der Waals surface area contributed by atoms with Crippen LogP contribution in [0.2, 0.25) is 0 Å². The second kappa shape index (κ2) is 18.5. The summed E-state index contributed by atoms with van der Waals surface area (Å²) in [7, 11) is 0. The lowest BCUT2D eigenvalue weighted by atomic mass is 9.79. The summed E-state index contributed by atoms with van der Waals surface area (Å²) in [5, 5.41) is 33.8. The Morgan fingerprint density at radius 2 is 1.78 bits per heavy atom. The first-order valence-electron chi connectivity index (χ1n) is 19.7. The van der Waals surface area contributed by atoms with Crippen LogP contribution in [-0.2, 0) is 38.0 Å². The summed E-state index contributed by atoms with van der Waals surface area (Å²) in [5.41, 5.74) is 6.31. The number of fused-ring (bicyclic) bond motifs is 2. The quantitative estimate of drug-likeness (QED) is 0.123. The maximum Gasteiger partial charge on any atom is 0.404 e. The Labute approximate surface area is 320 Å². The summed E-state index contributed by atoms with van der Waals surface area (Å²) in [6.45, 7) is 16.9. The molecular weight excluding hydrogens is 698 g/mol. The molecule has 0 aromatic carbocycles. The van der Waals surface area contributed by atoms with E-state index in [1.807, 2.05) is 73.6 Å². The Morgan fingerprint density at radius 3 is 2.44 bits per heavy atom. The number of ketones is 1. The molecule has 13 nitrogen and oxygen atoms in total. The van der Waals surface area contributed by atoms with Crippen LogP contribution in [0.4, 0.5) is 4.79 Å². The van der Waals surface area contributed by atoms with Gasteiger partial charge in [-0.2, -0.15) is 0 Å². The van der Waals surface area contributed by atoms with Gasteiger partial charge < -0.3 is 49.5 Å². The van der Waals surface area contributed by atoms with E-state index in [4.69, 9.17) is 34.2 Å². The number of ether oxygens (including phenoxy) is 6. The highest BCUT2D eigenvalue weighted by Crippen LogP contribution is 2.45. The van der Waals surface area contributed by atoms with E-state index in [1.54, 1.807) is 6.92 Å². The van der Waals surface area contributed by atoms with E-state index in [9.17, 15) is 29.7 Å². The summed E-state index contributed by atoms with van der Waals surface area (Å²) in [6.07, 6.45) is 3.24. The minimum Gasteiger partial charge on any atom is -0.461 e. The molecule has 4 rings (SSSR count). The molecule has 2 saturated heterocycles. The van der Waals surface area contributed by atoms with Crippen LogP contribution in [0.25, 0.3) is 0 Å². The number of esters is 1. The van der Waals surface area contributed by atoms with Crippen molar-refractivity contribution in [2.75, 3.05) is 0 Å². The number of primary amides is 1. The number of epoxide rings is 1. The fraction of sp³-hybridized carbons (Fsp3) is 0.780. The van der Waals surface area contributed by atoms with Crippen molar-refractivity contribution in [3.05, 3.63) is 35.5 Å². The van der Waals surface area contributed by atoms with Crippen molar-refractivity contribution in [1.29, 1.82) is 0 Å². The number of rotatable bonds is 11. The molecule has 54 heavy (non-hydrogen) atoms. The van der Waals surface area contributed by atoms with Crippen LogP contribution in [0.1, 0.15) is 114 Å². The number of Topliss-reactive ketones (excluding diaryl/α,β-unsaturated/α-hetero) is 1. The topological polar surface area (TPSA) is 197 Å². The smallest absolute Gasteiger partial charge is 0.404 e. The van der Waals surface area contributed by atoms with Gasteiger partial charge in [0.15, 0.2) is 23.5 Å². The number of carbonyl (C=O) groups excluding carboxylic acids is 3. The van der Waals surface area contributed by atoms with Crippen LogP contribution >= 0.6 is 0 Å². The van der Waals surface area contributed by atoms with Gasteiger partial charge >= 0.3 is 12.1 Å². The second-order valence-corrected chi connectivity index (χ2v) is 16.5. The fourth-order valence-corrected chi connectivity index (χ4v) is 8.42. The summed E-state index contributed by atoms with van der Waals surface area (Å²) in [6, 6.07) is 0. The van der Waals surface area contributed by atoms with Crippen molar-refractivity contribution in [3.63, 3.8) is 0 Å². The Morgan fingerprint density at radius 1 is 1.09 bits per heavy atom. The molecule has 4 aliphatic rings. The number of aliphatic hydroxyl groups is 3. The lowest BCUT2D eigenvalue weighted by Gasteiger charge is -2.38. The van der Waals surface area contributed by atoms with E-state index in [2.05, 4.69) is 6.08 Å². The van der Waals surface area contributed by atoms with Crippen molar-refractivity contribution in [3.8, 4) is 0 Å². The zero-order valence-corrected chi connectivity index (χ0v) is 33.6. The highest BCUT2D eigenvalue weighted by atomic mass is 16.7. The molecule has 2 fully saturated rings. The average Bonchev–Trinajstić information content (AvgIpc) is 3.81. The van der Waals surface area contributed by atoms with Gasteiger partial charge in [-0.3, -0.25) is 9.59 Å². The highest BCUT2D eigenvalue weighted by molar-refractivity contribution is 5.89. The van der Waals surface area contributed by atoms with E-state index in [0.717, 1.165) is 17.6 Å². The van der Waals surface area contributed by atoms with Gasteiger partial charge in [-0.15, -0.1) is 0 Å². The Bertz CT molecular complexity index is 1410. The summed E-state index contributed by atoms with van der Waals surface area (Å²) in [5.74, 6) is -3.50. The first-order chi connectivity index (χ1) is 25.3. The van der Waals surface area contributed by atoms with Crippen LogP contribution in [0.3, 0.4) is 0 Å². The van der Waals surface area contributed by atoms with Crippen molar-refractivity contribution in [2.45, 2.75) is 180 Å². The van der Waals surface area contributed by atoms with Gasteiger partial charge in [0.25, 0.3) is 0 Å². The Hall–Kier alpha value is -2.65. The number of hydrogen-bond donors (Lipinski definition) is 4. The molecule has 4 aliphatic heterocycles. The molecule has 0 saturated carbocycles. The van der Waals surface area contributed by atoms with Gasteiger partial charge in [0.1, 0.15) is 24.4 Å². The van der Waals surface area contributed by atoms with Crippen molar-refractivity contribution in [1.82, 2.24) is 0 Å². The van der Waals surface area contributed by atoms with E-state index in [-0.39, 0.29) is 36.6 Å². The SMILES string of the molecule is CCC(=O)[C@]1(C)O[C@H]1[C@H](C)C[C@@H](C)[C@@H](O)[C@H](C)[C@H]1OC(=O)C[C@@]2(O)CC=C(C)[C@H](O2)/C(C)=C/CCC[C@@H](O[C@H]2C[C@@H](OC(N)=O)[C@H](O)[C@@H](C)O2)/C=C/[C@@H]1C. The lowest BCUT2D eigenvalue weighted by Crippen LogP contribution is -2.50. The standard InChI is InChI=1S/C41H65NO12/c1-10-31(43)40(9)38(54-40)26(6)19-25(5)34(45)27(7)37-23(3)15-16-29(50-33-20-30(51-39(42)47)35(46)28(8)49-33)14-12-11-13-22(2)36-24(4)17-18-41(48,53-36)21-32(44)52-37/h13,15-17,23,25-30,33-38,45-46,48H,10-12,14,18-21H2,1-9H3,(H2,42,47)/b16-15+,22-13+/t23-,25+,26+,27-,28+,29+,30+,33-,34+,35+,36+,37-,38-,40-,41+/m0/s1. The number of nitrogens with two attached hydrogens (primary N) is 1. The minimum atomic E-state index is -1.76. The molecule has 306 valence electrons. The molecule has 4 heterocycles. The minimum absolute atomic E-state index is 0.00982. The summed E-state index contributed by atoms with van der Waals surface area (Å²) >= 11 is 0. The maximum absolute atomic E-state index is 13.7. The number of allylic oxidation sites excluding steroid dienone is 1. The van der Waals surface area contributed by atoms with Crippen LogP contribution in [0.15, 0.2) is 35.5 Å². The van der Waals surface area contributed by atoms with Gasteiger partial charge in [-0.05, 0) is 76.4 Å².